The lowest BCUT2D eigenvalue weighted by atomic mass is 10.1. The van der Waals surface area contributed by atoms with Crippen LogP contribution in [0.4, 0.5) is 15.8 Å². The Morgan fingerprint density at radius 3 is 2.36 bits per heavy atom. The van der Waals surface area contributed by atoms with E-state index in [1.165, 1.54) is 24.3 Å². The third kappa shape index (κ3) is 4.75. The average Bonchev–Trinajstić information content (AvgIpc) is 2.67. The number of hydrogen-bond acceptors (Lipinski definition) is 3. The number of sulfonamides is 1. The molecule has 1 amide bonds. The highest BCUT2D eigenvalue weighted by Gasteiger charge is 2.15. The zero-order valence-electron chi connectivity index (χ0n) is 15.1. The quantitative estimate of drug-likeness (QED) is 0.656. The molecule has 0 aliphatic rings. The number of nitrogens with one attached hydrogen (secondary N) is 2. The third-order valence-corrected chi connectivity index (χ3v) is 5.51. The van der Waals surface area contributed by atoms with Crippen LogP contribution in [0.3, 0.4) is 0 Å². The first kappa shape index (κ1) is 19.6. The van der Waals surface area contributed by atoms with Gasteiger partial charge in [0, 0.05) is 5.69 Å². The van der Waals surface area contributed by atoms with Crippen molar-refractivity contribution in [2.45, 2.75) is 18.2 Å². The fourth-order valence-corrected chi connectivity index (χ4v) is 3.78. The van der Waals surface area contributed by atoms with Crippen LogP contribution in [-0.2, 0) is 21.2 Å². The van der Waals surface area contributed by atoms with Crippen LogP contribution in [0.1, 0.15) is 11.1 Å². The lowest BCUT2D eigenvalue weighted by Crippen LogP contribution is -2.16. The molecule has 2 N–H and O–H groups in total. The normalized spacial score (nSPS) is 11.1. The molecule has 0 aliphatic carbocycles. The van der Waals surface area contributed by atoms with Crippen LogP contribution in [-0.4, -0.2) is 14.3 Å². The smallest absolute Gasteiger partial charge is 0.261 e. The second kappa shape index (κ2) is 8.22. The monoisotopic (exact) mass is 398 g/mol. The third-order valence-electron chi connectivity index (χ3n) is 4.13. The van der Waals surface area contributed by atoms with E-state index in [4.69, 9.17) is 0 Å². The number of rotatable bonds is 6. The van der Waals surface area contributed by atoms with E-state index < -0.39 is 21.7 Å². The maximum absolute atomic E-state index is 13.7. The Morgan fingerprint density at radius 1 is 0.964 bits per heavy atom. The van der Waals surface area contributed by atoms with Crippen molar-refractivity contribution in [3.05, 3.63) is 89.7 Å². The molecule has 0 atom stereocenters. The molecule has 7 heteroatoms. The number of aryl methyl sites for hydroxylation is 1. The zero-order chi connectivity index (χ0) is 20.1. The van der Waals surface area contributed by atoms with E-state index in [2.05, 4.69) is 10.0 Å². The van der Waals surface area contributed by atoms with Crippen LogP contribution in [0, 0.1) is 12.7 Å². The number of hydrogen-bond donors (Lipinski definition) is 2. The van der Waals surface area contributed by atoms with E-state index >= 15 is 0 Å². The summed E-state index contributed by atoms with van der Waals surface area (Å²) in [5, 5.41) is 2.67. The van der Waals surface area contributed by atoms with Gasteiger partial charge in [-0.05, 0) is 48.4 Å². The molecule has 0 unspecified atom stereocenters. The Morgan fingerprint density at radius 2 is 1.64 bits per heavy atom. The van der Waals surface area contributed by atoms with Crippen LogP contribution < -0.4 is 10.0 Å². The molecule has 3 aromatic carbocycles. The maximum Gasteiger partial charge on any atom is 0.261 e. The SMILES string of the molecule is Cc1ccc(NC(=O)Cc2ccccc2F)cc1NS(=O)(=O)c1ccccc1. The summed E-state index contributed by atoms with van der Waals surface area (Å²) in [6.45, 7) is 1.76. The summed E-state index contributed by atoms with van der Waals surface area (Å²) >= 11 is 0. The van der Waals surface area contributed by atoms with Gasteiger partial charge in [0.2, 0.25) is 5.91 Å². The van der Waals surface area contributed by atoms with Crippen molar-refractivity contribution in [2.24, 2.45) is 0 Å². The molecular weight excluding hydrogens is 379 g/mol. The highest BCUT2D eigenvalue weighted by Crippen LogP contribution is 2.24. The highest BCUT2D eigenvalue weighted by molar-refractivity contribution is 7.92. The summed E-state index contributed by atoms with van der Waals surface area (Å²) in [6.07, 6.45) is -0.119. The van der Waals surface area contributed by atoms with Gasteiger partial charge in [0.05, 0.1) is 17.0 Å². The molecule has 0 bridgehead atoms. The predicted molar refractivity (Wildman–Crippen MR) is 107 cm³/mol. The van der Waals surface area contributed by atoms with E-state index in [0.717, 1.165) is 0 Å². The van der Waals surface area contributed by atoms with Gasteiger partial charge in [0.25, 0.3) is 10.0 Å². The van der Waals surface area contributed by atoms with Crippen molar-refractivity contribution in [3.8, 4) is 0 Å². The standard InChI is InChI=1S/C21H19FN2O3S/c1-15-11-12-17(23-21(25)13-16-7-5-6-10-19(16)22)14-20(15)24-28(26,27)18-8-3-2-4-9-18/h2-12,14,24H,13H2,1H3,(H,23,25). The Kier molecular flexibility index (Phi) is 5.75. The first-order valence-electron chi connectivity index (χ1n) is 8.57. The van der Waals surface area contributed by atoms with E-state index in [-0.39, 0.29) is 16.9 Å². The molecule has 0 fully saturated rings. The second-order valence-corrected chi connectivity index (χ2v) is 7.95. The van der Waals surface area contributed by atoms with Crippen molar-refractivity contribution < 1.29 is 17.6 Å². The minimum atomic E-state index is -3.75. The van der Waals surface area contributed by atoms with Gasteiger partial charge < -0.3 is 5.32 Å². The van der Waals surface area contributed by atoms with Gasteiger partial charge in [-0.15, -0.1) is 0 Å². The highest BCUT2D eigenvalue weighted by atomic mass is 32.2. The molecular formula is C21H19FN2O3S. The molecule has 0 radical (unpaired) electrons. The van der Waals surface area contributed by atoms with Crippen molar-refractivity contribution in [2.75, 3.05) is 10.0 Å². The van der Waals surface area contributed by atoms with Gasteiger partial charge >= 0.3 is 0 Å². The van der Waals surface area contributed by atoms with Crippen LogP contribution in [0.25, 0.3) is 0 Å². The number of carbonyl (C=O) groups excluding carboxylic acids is 1. The fourth-order valence-electron chi connectivity index (χ4n) is 2.63. The Hall–Kier alpha value is -3.19. The molecule has 0 heterocycles. The molecule has 0 saturated carbocycles. The van der Waals surface area contributed by atoms with Gasteiger partial charge in [-0.3, -0.25) is 9.52 Å². The molecule has 28 heavy (non-hydrogen) atoms. The van der Waals surface area contributed by atoms with Crippen LogP contribution >= 0.6 is 0 Å². The molecule has 3 rings (SSSR count). The number of halogens is 1. The second-order valence-electron chi connectivity index (χ2n) is 6.26. The van der Waals surface area contributed by atoms with Crippen LogP contribution in [0.5, 0.6) is 0 Å². The molecule has 3 aromatic rings. The van der Waals surface area contributed by atoms with Crippen molar-refractivity contribution >= 4 is 27.3 Å². The van der Waals surface area contributed by atoms with Gasteiger partial charge in [0.15, 0.2) is 0 Å². The number of carbonyl (C=O) groups is 1. The number of benzene rings is 3. The van der Waals surface area contributed by atoms with Crippen molar-refractivity contribution in [1.29, 1.82) is 0 Å². The van der Waals surface area contributed by atoms with Crippen LogP contribution in [0.15, 0.2) is 77.7 Å². The summed E-state index contributed by atoms with van der Waals surface area (Å²) in [5.74, 6) is -0.844. The first-order chi connectivity index (χ1) is 13.3. The lowest BCUT2D eigenvalue weighted by Gasteiger charge is -2.13. The minimum Gasteiger partial charge on any atom is -0.326 e. The van der Waals surface area contributed by atoms with Gasteiger partial charge in [-0.25, -0.2) is 12.8 Å². The Balaban J connectivity index is 1.76. The minimum absolute atomic E-state index is 0.119. The van der Waals surface area contributed by atoms with Crippen molar-refractivity contribution in [1.82, 2.24) is 0 Å². The van der Waals surface area contributed by atoms with Gasteiger partial charge in [-0.1, -0.05) is 42.5 Å². The van der Waals surface area contributed by atoms with E-state index in [1.54, 1.807) is 55.5 Å². The molecule has 0 aliphatic heterocycles. The largest absolute Gasteiger partial charge is 0.326 e. The van der Waals surface area contributed by atoms with Crippen LogP contribution in [0.2, 0.25) is 0 Å². The van der Waals surface area contributed by atoms with E-state index in [1.807, 2.05) is 0 Å². The zero-order valence-corrected chi connectivity index (χ0v) is 16.0. The molecule has 0 aromatic heterocycles. The molecule has 0 spiro atoms. The van der Waals surface area contributed by atoms with Gasteiger partial charge in [-0.2, -0.15) is 0 Å². The Bertz CT molecular complexity index is 1100. The summed E-state index contributed by atoms with van der Waals surface area (Å²) in [7, 11) is -3.75. The summed E-state index contributed by atoms with van der Waals surface area (Å²) in [6, 6.07) is 19.0. The summed E-state index contributed by atoms with van der Waals surface area (Å²) < 4.78 is 41.3. The Labute approximate surface area is 163 Å². The summed E-state index contributed by atoms with van der Waals surface area (Å²) in [5.41, 5.74) is 1.76. The summed E-state index contributed by atoms with van der Waals surface area (Å²) in [4.78, 5) is 12.4. The fraction of sp³-hybridized carbons (Fsp3) is 0.0952. The number of anilines is 2. The molecule has 5 nitrogen and oxygen atoms in total. The van der Waals surface area contributed by atoms with E-state index in [9.17, 15) is 17.6 Å². The average molecular weight is 398 g/mol. The molecule has 0 saturated heterocycles. The first-order valence-corrected chi connectivity index (χ1v) is 10.1. The van der Waals surface area contributed by atoms with E-state index in [0.29, 0.717) is 16.9 Å². The molecule has 144 valence electrons. The van der Waals surface area contributed by atoms with Crippen molar-refractivity contribution in [3.63, 3.8) is 0 Å². The maximum atomic E-state index is 13.7. The number of amides is 1. The van der Waals surface area contributed by atoms with Gasteiger partial charge in [0.1, 0.15) is 5.82 Å². The topological polar surface area (TPSA) is 75.3 Å². The predicted octanol–water partition coefficient (Wildman–Crippen LogP) is 4.12. The lowest BCUT2D eigenvalue weighted by molar-refractivity contribution is -0.115.